The number of hydrogen-bond donors (Lipinski definition) is 4. The lowest BCUT2D eigenvalue weighted by Crippen LogP contribution is -2.30. The van der Waals surface area contributed by atoms with Gasteiger partial charge in [0.05, 0.1) is 18.1 Å². The molecule has 7 nitrogen and oxygen atoms in total. The van der Waals surface area contributed by atoms with Crippen LogP contribution in [-0.2, 0) is 6.54 Å². The Bertz CT molecular complexity index is 1300. The van der Waals surface area contributed by atoms with E-state index in [1.54, 1.807) is 36.3 Å². The lowest BCUT2D eigenvalue weighted by molar-refractivity contribution is 0.289. The molecular formula is C32H41N7S2. The van der Waals surface area contributed by atoms with E-state index in [0.717, 1.165) is 53.7 Å². The lowest BCUT2D eigenvalue weighted by atomic mass is 10.2. The van der Waals surface area contributed by atoms with Gasteiger partial charge in [-0.1, -0.05) is 56.7 Å². The average Bonchev–Trinajstić information content (AvgIpc) is 3.01. The first-order valence-corrected chi connectivity index (χ1v) is 15.9. The van der Waals surface area contributed by atoms with E-state index >= 15 is 0 Å². The second-order valence-electron chi connectivity index (χ2n) is 9.74. The van der Waals surface area contributed by atoms with E-state index in [4.69, 9.17) is 0 Å². The molecule has 41 heavy (non-hydrogen) atoms. The first-order chi connectivity index (χ1) is 20.1. The largest absolute Gasteiger partial charge is 0.353 e. The zero-order valence-corrected chi connectivity index (χ0v) is 25.8. The van der Waals surface area contributed by atoms with Crippen LogP contribution in [0.5, 0.6) is 0 Å². The van der Waals surface area contributed by atoms with E-state index in [9.17, 15) is 0 Å². The molecule has 0 bridgehead atoms. The number of aromatic nitrogens is 2. The summed E-state index contributed by atoms with van der Waals surface area (Å²) >= 11 is 3.29. The summed E-state index contributed by atoms with van der Waals surface area (Å²) in [5.41, 5.74) is 5.25. The average molecular weight is 588 g/mol. The van der Waals surface area contributed by atoms with E-state index < -0.39 is 0 Å². The standard InChI is InChI=1S/C32H41N7S2/c1-4-6-19-39(5-2)20-18-35-40-29-16-13-27(14-17-29)38-32-33-23-28(24-34-32)37-31-21-30(15-12-25(31)3)41-36-22-26-10-8-7-9-11-26/h7-17,21,23-24,35-37H,4-6,18-20,22H2,1-3H3,(H,33,34,38). The fraction of sp³-hybridized carbons (Fsp3) is 0.312. The van der Waals surface area contributed by atoms with Crippen molar-refractivity contribution in [3.8, 4) is 0 Å². The second kappa shape index (κ2) is 17.0. The normalized spacial score (nSPS) is 11.1. The quantitative estimate of drug-likeness (QED) is 0.0731. The van der Waals surface area contributed by atoms with Gasteiger partial charge in [-0.3, -0.25) is 9.44 Å². The molecule has 4 rings (SSSR count). The molecule has 0 amide bonds. The predicted molar refractivity (Wildman–Crippen MR) is 176 cm³/mol. The number of rotatable bonds is 17. The third kappa shape index (κ3) is 10.7. The Balaban J connectivity index is 1.22. The van der Waals surface area contributed by atoms with Crippen LogP contribution in [-0.4, -0.2) is 41.0 Å². The summed E-state index contributed by atoms with van der Waals surface area (Å²) in [5.74, 6) is 0.562. The fourth-order valence-corrected chi connectivity index (χ4v) is 5.44. The highest BCUT2D eigenvalue weighted by molar-refractivity contribution is 7.97. The molecular weight excluding hydrogens is 547 g/mol. The Morgan fingerprint density at radius 2 is 1.49 bits per heavy atom. The van der Waals surface area contributed by atoms with Crippen LogP contribution in [0.4, 0.5) is 23.0 Å². The predicted octanol–water partition coefficient (Wildman–Crippen LogP) is 7.79. The van der Waals surface area contributed by atoms with Crippen molar-refractivity contribution >= 4 is 46.9 Å². The minimum atomic E-state index is 0.562. The summed E-state index contributed by atoms with van der Waals surface area (Å²) in [6.07, 6.45) is 6.11. The molecule has 1 heterocycles. The van der Waals surface area contributed by atoms with Gasteiger partial charge in [0.1, 0.15) is 0 Å². The Morgan fingerprint density at radius 1 is 0.756 bits per heavy atom. The Hall–Kier alpha value is -3.08. The molecule has 0 spiro atoms. The van der Waals surface area contributed by atoms with Crippen LogP contribution in [0.15, 0.2) is 95.0 Å². The van der Waals surface area contributed by atoms with Crippen molar-refractivity contribution in [1.29, 1.82) is 0 Å². The summed E-state index contributed by atoms with van der Waals surface area (Å²) in [5, 5.41) is 6.75. The zero-order chi connectivity index (χ0) is 28.7. The number of unbranched alkanes of at least 4 members (excludes halogenated alkanes) is 1. The number of nitrogens with zero attached hydrogens (tertiary/aromatic N) is 3. The van der Waals surface area contributed by atoms with Crippen LogP contribution in [0, 0.1) is 6.92 Å². The third-order valence-corrected chi connectivity index (χ3v) is 8.19. The molecule has 3 aromatic carbocycles. The van der Waals surface area contributed by atoms with Gasteiger partial charge >= 0.3 is 0 Å². The summed E-state index contributed by atoms with van der Waals surface area (Å²) in [4.78, 5) is 13.8. The summed E-state index contributed by atoms with van der Waals surface area (Å²) in [6.45, 7) is 11.7. The highest BCUT2D eigenvalue weighted by atomic mass is 32.2. The molecule has 0 aliphatic rings. The fourth-order valence-electron chi connectivity index (χ4n) is 4.09. The number of benzene rings is 3. The molecule has 0 atom stereocenters. The third-order valence-electron chi connectivity index (χ3n) is 6.55. The molecule has 4 N–H and O–H groups in total. The summed E-state index contributed by atoms with van der Waals surface area (Å²) in [7, 11) is 0. The number of likely N-dealkylation sites (N-methyl/N-ethyl adjacent to an activating group) is 1. The zero-order valence-electron chi connectivity index (χ0n) is 24.2. The Labute approximate surface area is 253 Å². The molecule has 9 heteroatoms. The number of hydrogen-bond acceptors (Lipinski definition) is 9. The van der Waals surface area contributed by atoms with Crippen LogP contribution in [0.3, 0.4) is 0 Å². The van der Waals surface area contributed by atoms with Crippen LogP contribution >= 0.6 is 23.9 Å². The Kier molecular flexibility index (Phi) is 12.8. The van der Waals surface area contributed by atoms with Crippen LogP contribution < -0.4 is 20.1 Å². The summed E-state index contributed by atoms with van der Waals surface area (Å²) in [6, 6.07) is 25.1. The van der Waals surface area contributed by atoms with E-state index in [0.29, 0.717) is 5.95 Å². The molecule has 0 aliphatic heterocycles. The monoisotopic (exact) mass is 587 g/mol. The van der Waals surface area contributed by atoms with Gasteiger partial charge in [0.25, 0.3) is 0 Å². The Morgan fingerprint density at radius 3 is 2.22 bits per heavy atom. The molecule has 4 aromatic rings. The van der Waals surface area contributed by atoms with Crippen molar-refractivity contribution in [2.45, 2.75) is 49.9 Å². The topological polar surface area (TPSA) is 77.1 Å². The molecule has 0 unspecified atom stereocenters. The smallest absolute Gasteiger partial charge is 0.227 e. The van der Waals surface area contributed by atoms with Gasteiger partial charge in [0, 0.05) is 40.8 Å². The molecule has 216 valence electrons. The van der Waals surface area contributed by atoms with Crippen LogP contribution in [0.25, 0.3) is 0 Å². The minimum absolute atomic E-state index is 0.562. The van der Waals surface area contributed by atoms with E-state index in [2.05, 4.69) is 122 Å². The first kappa shape index (κ1) is 30.9. The van der Waals surface area contributed by atoms with Crippen molar-refractivity contribution < 1.29 is 0 Å². The van der Waals surface area contributed by atoms with Gasteiger partial charge in [-0.15, -0.1) is 0 Å². The summed E-state index contributed by atoms with van der Waals surface area (Å²) < 4.78 is 6.92. The van der Waals surface area contributed by atoms with E-state index in [1.165, 1.54) is 29.8 Å². The highest BCUT2D eigenvalue weighted by Crippen LogP contribution is 2.26. The number of aryl methyl sites for hydroxylation is 1. The maximum Gasteiger partial charge on any atom is 0.227 e. The lowest BCUT2D eigenvalue weighted by Gasteiger charge is -2.19. The van der Waals surface area contributed by atoms with Gasteiger partial charge in [0.2, 0.25) is 5.95 Å². The minimum Gasteiger partial charge on any atom is -0.353 e. The van der Waals surface area contributed by atoms with Crippen LogP contribution in [0.2, 0.25) is 0 Å². The van der Waals surface area contributed by atoms with Gasteiger partial charge in [-0.2, -0.15) is 0 Å². The van der Waals surface area contributed by atoms with E-state index in [1.807, 2.05) is 6.07 Å². The van der Waals surface area contributed by atoms with Gasteiger partial charge in [-0.25, -0.2) is 9.97 Å². The van der Waals surface area contributed by atoms with Gasteiger partial charge < -0.3 is 15.5 Å². The van der Waals surface area contributed by atoms with Crippen LogP contribution in [0.1, 0.15) is 37.8 Å². The van der Waals surface area contributed by atoms with Crippen molar-refractivity contribution in [3.63, 3.8) is 0 Å². The second-order valence-corrected chi connectivity index (χ2v) is 11.7. The molecule has 0 fully saturated rings. The molecule has 1 aromatic heterocycles. The highest BCUT2D eigenvalue weighted by Gasteiger charge is 2.05. The molecule has 0 saturated carbocycles. The van der Waals surface area contributed by atoms with E-state index in [-0.39, 0.29) is 0 Å². The molecule has 0 aliphatic carbocycles. The maximum atomic E-state index is 4.51. The molecule has 0 saturated heterocycles. The maximum absolute atomic E-state index is 4.51. The van der Waals surface area contributed by atoms with Gasteiger partial charge in [0.15, 0.2) is 0 Å². The van der Waals surface area contributed by atoms with Crippen molar-refractivity contribution in [1.82, 2.24) is 24.3 Å². The number of anilines is 4. The van der Waals surface area contributed by atoms with Crippen molar-refractivity contribution in [2.75, 3.05) is 36.8 Å². The van der Waals surface area contributed by atoms with Gasteiger partial charge in [-0.05, 0) is 97.9 Å². The van der Waals surface area contributed by atoms with Crippen molar-refractivity contribution in [3.05, 3.63) is 96.3 Å². The molecule has 0 radical (unpaired) electrons. The van der Waals surface area contributed by atoms with Crippen molar-refractivity contribution in [2.24, 2.45) is 0 Å². The number of nitrogens with one attached hydrogen (secondary N) is 4. The first-order valence-electron chi connectivity index (χ1n) is 14.3. The SMILES string of the molecule is CCCCN(CC)CCNSc1ccc(Nc2ncc(Nc3cc(SNCc4ccccc4)ccc3C)cn2)cc1.